The Morgan fingerprint density at radius 1 is 0.833 bits per heavy atom. The van der Waals surface area contributed by atoms with E-state index in [9.17, 15) is 8.78 Å². The smallest absolute Gasteiger partial charge is 0.250 e. The minimum absolute atomic E-state index is 0.0460. The standard InChI is InChI=1S/C29H39F2NO4/c30-27(31)9-11-32(12-10-27)13-14-33-26-3-1-22(2-4-26)23-5-7-28(8-6-23)34-29(36-35-28)24-16-20-15-21(18-24)19-25(29)17-20/h1-4,20-21,23-25H,5-19H2/t20?,21?,23-,24?,25?,28+,29-. The Hall–Kier alpha value is -1.28. The van der Waals surface area contributed by atoms with Crippen molar-refractivity contribution in [2.45, 2.75) is 94.0 Å². The first-order valence-corrected chi connectivity index (χ1v) is 14.3. The van der Waals surface area contributed by atoms with Crippen LogP contribution in [0.25, 0.3) is 0 Å². The van der Waals surface area contributed by atoms with E-state index < -0.39 is 17.5 Å². The van der Waals surface area contributed by atoms with Gasteiger partial charge in [-0.15, -0.1) is 0 Å². The molecule has 2 heterocycles. The highest BCUT2D eigenvalue weighted by Gasteiger charge is 2.66. The van der Waals surface area contributed by atoms with Gasteiger partial charge >= 0.3 is 0 Å². The van der Waals surface area contributed by atoms with Gasteiger partial charge in [-0.2, -0.15) is 9.78 Å². The molecule has 7 fully saturated rings. The summed E-state index contributed by atoms with van der Waals surface area (Å²) in [6.07, 6.45) is 10.1. The number of hydrogen-bond donors (Lipinski definition) is 0. The molecule has 0 N–H and O–H groups in total. The maximum Gasteiger partial charge on any atom is 0.250 e. The molecule has 2 saturated heterocycles. The van der Waals surface area contributed by atoms with Crippen LogP contribution in [0.4, 0.5) is 8.78 Å². The van der Waals surface area contributed by atoms with Crippen LogP contribution >= 0.6 is 0 Å². The SMILES string of the molecule is FC1(F)CCN(CCOc2ccc([C@H]3CC[C@]4(CC3)OO[C@]3(O4)C4CC5CC(C4)CC3C5)cc2)CC1. The normalized spacial score (nSPS) is 43.4. The number of benzene rings is 1. The molecule has 0 unspecified atom stereocenters. The van der Waals surface area contributed by atoms with E-state index in [2.05, 4.69) is 17.0 Å². The summed E-state index contributed by atoms with van der Waals surface area (Å²) in [5.74, 6) is 0.566. The molecule has 0 radical (unpaired) electrons. The molecule has 36 heavy (non-hydrogen) atoms. The molecule has 5 saturated carbocycles. The number of nitrogens with zero attached hydrogens (tertiary/aromatic N) is 1. The molecule has 0 aromatic heterocycles. The molecule has 198 valence electrons. The lowest BCUT2D eigenvalue weighted by Gasteiger charge is -2.57. The van der Waals surface area contributed by atoms with Crippen LogP contribution in [0.3, 0.4) is 0 Å². The van der Waals surface area contributed by atoms with Crippen LogP contribution in [0.2, 0.25) is 0 Å². The summed E-state index contributed by atoms with van der Waals surface area (Å²) < 4.78 is 39.4. The Labute approximate surface area is 212 Å². The Morgan fingerprint density at radius 2 is 1.47 bits per heavy atom. The second-order valence-electron chi connectivity index (χ2n) is 12.6. The number of halogens is 2. The zero-order chi connectivity index (χ0) is 24.4. The fourth-order valence-corrected chi connectivity index (χ4v) is 8.42. The van der Waals surface area contributed by atoms with Crippen molar-refractivity contribution in [3.63, 3.8) is 0 Å². The summed E-state index contributed by atoms with van der Waals surface area (Å²) >= 11 is 0. The van der Waals surface area contributed by atoms with Crippen molar-refractivity contribution < 1.29 is 28.0 Å². The van der Waals surface area contributed by atoms with Crippen molar-refractivity contribution in [3.05, 3.63) is 29.8 Å². The van der Waals surface area contributed by atoms with Crippen molar-refractivity contribution in [2.24, 2.45) is 23.7 Å². The van der Waals surface area contributed by atoms with Crippen LogP contribution in [0, 0.1) is 23.7 Å². The fourth-order valence-electron chi connectivity index (χ4n) is 8.42. The van der Waals surface area contributed by atoms with Gasteiger partial charge in [-0.25, -0.2) is 8.78 Å². The van der Waals surface area contributed by atoms with Crippen LogP contribution in [0.1, 0.15) is 82.1 Å². The number of piperidine rings is 1. The lowest BCUT2D eigenvalue weighted by atomic mass is 9.53. The molecule has 7 aliphatic rings. The molecule has 1 aromatic rings. The fraction of sp³-hybridized carbons (Fsp3) is 0.793. The summed E-state index contributed by atoms with van der Waals surface area (Å²) in [6, 6.07) is 8.43. The number of ether oxygens (including phenoxy) is 2. The van der Waals surface area contributed by atoms with Gasteiger partial charge < -0.3 is 9.47 Å². The molecule has 7 heteroatoms. The van der Waals surface area contributed by atoms with Gasteiger partial charge in [0, 0.05) is 57.2 Å². The maximum absolute atomic E-state index is 13.3. The molecule has 2 aliphatic heterocycles. The molecular formula is C29H39F2NO4. The van der Waals surface area contributed by atoms with E-state index in [0.717, 1.165) is 43.3 Å². The van der Waals surface area contributed by atoms with E-state index in [-0.39, 0.29) is 12.8 Å². The lowest BCUT2D eigenvalue weighted by Crippen LogP contribution is -2.59. The van der Waals surface area contributed by atoms with Gasteiger partial charge in [0.05, 0.1) is 0 Å². The second kappa shape index (κ2) is 8.89. The Balaban J connectivity index is 0.902. The third kappa shape index (κ3) is 4.28. The van der Waals surface area contributed by atoms with Crippen molar-refractivity contribution in [2.75, 3.05) is 26.2 Å². The topological polar surface area (TPSA) is 40.2 Å². The predicted molar refractivity (Wildman–Crippen MR) is 130 cm³/mol. The van der Waals surface area contributed by atoms with Crippen LogP contribution in [0.15, 0.2) is 24.3 Å². The molecule has 5 aliphatic carbocycles. The molecule has 0 atom stereocenters. The largest absolute Gasteiger partial charge is 0.492 e. The van der Waals surface area contributed by atoms with Crippen molar-refractivity contribution in [1.82, 2.24) is 4.90 Å². The number of hydrogen-bond acceptors (Lipinski definition) is 5. The molecule has 8 rings (SSSR count). The van der Waals surface area contributed by atoms with E-state index in [1.807, 2.05) is 12.1 Å². The quantitative estimate of drug-likeness (QED) is 0.442. The van der Waals surface area contributed by atoms with E-state index in [1.54, 1.807) is 0 Å². The van der Waals surface area contributed by atoms with E-state index in [1.165, 1.54) is 37.7 Å². The number of likely N-dealkylation sites (tertiary alicyclic amines) is 1. The second-order valence-corrected chi connectivity index (χ2v) is 12.6. The highest BCUT2D eigenvalue weighted by Crippen LogP contribution is 2.64. The van der Waals surface area contributed by atoms with Crippen LogP contribution < -0.4 is 4.74 Å². The first kappa shape index (κ1) is 23.8. The highest BCUT2D eigenvalue weighted by atomic mass is 19.3. The monoisotopic (exact) mass is 503 g/mol. The molecule has 2 spiro atoms. The third-order valence-electron chi connectivity index (χ3n) is 10.3. The Bertz CT molecular complexity index is 907. The number of alkyl halides is 2. The van der Waals surface area contributed by atoms with Gasteiger partial charge in [-0.3, -0.25) is 4.90 Å². The highest BCUT2D eigenvalue weighted by molar-refractivity contribution is 5.30. The van der Waals surface area contributed by atoms with Gasteiger partial charge in [-0.1, -0.05) is 12.1 Å². The maximum atomic E-state index is 13.3. The third-order valence-corrected chi connectivity index (χ3v) is 10.3. The van der Waals surface area contributed by atoms with E-state index >= 15 is 0 Å². The van der Waals surface area contributed by atoms with Gasteiger partial charge in [0.25, 0.3) is 5.92 Å². The minimum Gasteiger partial charge on any atom is -0.492 e. The average Bonchev–Trinajstić information content (AvgIpc) is 3.24. The summed E-state index contributed by atoms with van der Waals surface area (Å²) in [4.78, 5) is 14.3. The van der Waals surface area contributed by atoms with Crippen molar-refractivity contribution in [3.8, 4) is 5.75 Å². The summed E-state index contributed by atoms with van der Waals surface area (Å²) in [5, 5.41) is 0. The Kier molecular flexibility index (Phi) is 5.88. The minimum atomic E-state index is -2.49. The molecule has 5 nitrogen and oxygen atoms in total. The molecule has 0 amide bonds. The Morgan fingerprint density at radius 3 is 2.11 bits per heavy atom. The molecular weight excluding hydrogens is 464 g/mol. The molecule has 4 bridgehead atoms. The zero-order valence-corrected chi connectivity index (χ0v) is 21.1. The van der Waals surface area contributed by atoms with E-state index in [4.69, 9.17) is 19.2 Å². The van der Waals surface area contributed by atoms with E-state index in [0.29, 0.717) is 44.0 Å². The summed E-state index contributed by atoms with van der Waals surface area (Å²) in [6.45, 7) is 2.10. The van der Waals surface area contributed by atoms with Crippen molar-refractivity contribution >= 4 is 0 Å². The van der Waals surface area contributed by atoms with Crippen molar-refractivity contribution in [1.29, 1.82) is 0 Å². The first-order valence-electron chi connectivity index (χ1n) is 14.3. The predicted octanol–water partition coefficient (Wildman–Crippen LogP) is 6.28. The summed E-state index contributed by atoms with van der Waals surface area (Å²) in [7, 11) is 0. The van der Waals surface area contributed by atoms with Gasteiger partial charge in [0.1, 0.15) is 12.4 Å². The average molecular weight is 504 g/mol. The zero-order valence-electron chi connectivity index (χ0n) is 21.1. The summed E-state index contributed by atoms with van der Waals surface area (Å²) in [5.41, 5.74) is 1.33. The van der Waals surface area contributed by atoms with Crippen LogP contribution in [-0.2, 0) is 14.5 Å². The van der Waals surface area contributed by atoms with Crippen LogP contribution in [0.5, 0.6) is 5.75 Å². The van der Waals surface area contributed by atoms with Crippen LogP contribution in [-0.4, -0.2) is 48.6 Å². The van der Waals surface area contributed by atoms with Gasteiger partial charge in [0.15, 0.2) is 0 Å². The lowest BCUT2D eigenvalue weighted by molar-refractivity contribution is -0.390. The van der Waals surface area contributed by atoms with Gasteiger partial charge in [-0.05, 0) is 80.4 Å². The molecule has 1 aromatic carbocycles. The first-order chi connectivity index (χ1) is 17.4. The van der Waals surface area contributed by atoms with Gasteiger partial charge in [0.2, 0.25) is 11.6 Å². The number of rotatable bonds is 5.